The molecule has 188 valence electrons. The van der Waals surface area contributed by atoms with Crippen molar-refractivity contribution in [3.8, 4) is 0 Å². The Labute approximate surface area is 227 Å². The molecule has 0 bridgehead atoms. The highest BCUT2D eigenvalue weighted by molar-refractivity contribution is 7.21. The molecule has 1 aromatic heterocycles. The fourth-order valence-electron chi connectivity index (χ4n) is 4.64. The summed E-state index contributed by atoms with van der Waals surface area (Å²) in [4.78, 5) is 40.2. The number of hydrogen-bond donors (Lipinski definition) is 2. The number of aromatic carboxylic acids is 1. The molecule has 2 amide bonds. The van der Waals surface area contributed by atoms with Gasteiger partial charge in [-0.2, -0.15) is 0 Å². The van der Waals surface area contributed by atoms with Gasteiger partial charge in [-0.1, -0.05) is 53.5 Å². The van der Waals surface area contributed by atoms with Crippen molar-refractivity contribution in [3.05, 3.63) is 98.3 Å². The molecular weight excluding hydrogens is 531 g/mol. The third-order valence-corrected chi connectivity index (χ3v) is 8.54. The van der Waals surface area contributed by atoms with Gasteiger partial charge in [0.1, 0.15) is 4.88 Å². The number of benzene rings is 3. The number of carboxylic acids is 1. The summed E-state index contributed by atoms with van der Waals surface area (Å²) >= 11 is 13.6. The van der Waals surface area contributed by atoms with Crippen LogP contribution in [0.1, 0.15) is 54.7 Å². The van der Waals surface area contributed by atoms with E-state index in [1.165, 1.54) is 29.0 Å². The van der Waals surface area contributed by atoms with E-state index in [1.54, 1.807) is 11.0 Å². The third-order valence-electron chi connectivity index (χ3n) is 6.61. The molecule has 4 aromatic rings. The molecule has 0 saturated carbocycles. The van der Waals surface area contributed by atoms with Crippen molar-refractivity contribution in [1.82, 2.24) is 4.90 Å². The Bertz CT molecular complexity index is 1510. The van der Waals surface area contributed by atoms with Crippen LogP contribution in [0.25, 0.3) is 10.1 Å². The molecule has 0 unspecified atom stereocenters. The number of fused-ring (bicyclic) bond motifs is 1. The van der Waals surface area contributed by atoms with Gasteiger partial charge in [0.25, 0.3) is 11.8 Å². The lowest BCUT2D eigenvalue weighted by Crippen LogP contribution is -2.38. The summed E-state index contributed by atoms with van der Waals surface area (Å²) in [5.74, 6) is -1.64. The molecule has 0 atom stereocenters. The minimum atomic E-state index is -1.24. The average Bonchev–Trinajstić information content (AvgIpc) is 3.25. The molecule has 1 aliphatic heterocycles. The molecule has 1 saturated heterocycles. The molecule has 2 N–H and O–H groups in total. The highest BCUT2D eigenvalue weighted by Crippen LogP contribution is 2.36. The maximum absolute atomic E-state index is 13.2. The van der Waals surface area contributed by atoms with E-state index in [1.807, 2.05) is 48.5 Å². The van der Waals surface area contributed by atoms with Crippen LogP contribution in [0.5, 0.6) is 0 Å². The number of carbonyl (C=O) groups is 3. The summed E-state index contributed by atoms with van der Waals surface area (Å²) in [6.45, 7) is 1.13. The zero-order valence-corrected chi connectivity index (χ0v) is 21.9. The van der Waals surface area contributed by atoms with Crippen LogP contribution in [0.2, 0.25) is 10.0 Å². The lowest BCUT2D eigenvalue weighted by Gasteiger charge is -2.32. The largest absolute Gasteiger partial charge is 0.478 e. The SMILES string of the molecule is O=C(O)c1cc(C(=O)N2CCC(c3ccc(Cl)cc3)CC2)ccc1NC(=O)c1sc2ccccc2c1Cl. The number of nitrogens with zero attached hydrogens (tertiary/aromatic N) is 1. The van der Waals surface area contributed by atoms with E-state index in [4.69, 9.17) is 23.2 Å². The number of nitrogens with one attached hydrogen (secondary N) is 1. The smallest absolute Gasteiger partial charge is 0.337 e. The van der Waals surface area contributed by atoms with E-state index < -0.39 is 11.9 Å². The summed E-state index contributed by atoms with van der Waals surface area (Å²) in [5.41, 5.74) is 1.40. The second-order valence-corrected chi connectivity index (χ2v) is 10.7. The van der Waals surface area contributed by atoms with E-state index in [-0.39, 0.29) is 22.7 Å². The van der Waals surface area contributed by atoms with Crippen molar-refractivity contribution < 1.29 is 19.5 Å². The molecule has 1 fully saturated rings. The van der Waals surface area contributed by atoms with Crippen molar-refractivity contribution in [3.63, 3.8) is 0 Å². The first kappa shape index (κ1) is 25.3. The maximum atomic E-state index is 13.2. The van der Waals surface area contributed by atoms with Crippen LogP contribution in [-0.4, -0.2) is 40.9 Å². The van der Waals surface area contributed by atoms with Crippen LogP contribution in [-0.2, 0) is 0 Å². The van der Waals surface area contributed by atoms with Crippen molar-refractivity contribution in [2.24, 2.45) is 0 Å². The lowest BCUT2D eigenvalue weighted by atomic mass is 9.89. The minimum Gasteiger partial charge on any atom is -0.478 e. The first-order chi connectivity index (χ1) is 17.8. The van der Waals surface area contributed by atoms with Crippen LogP contribution in [0.3, 0.4) is 0 Å². The molecule has 9 heteroatoms. The molecule has 5 rings (SSSR count). The third kappa shape index (κ3) is 5.21. The summed E-state index contributed by atoms with van der Waals surface area (Å²) < 4.78 is 0.858. The number of likely N-dealkylation sites (tertiary alicyclic amines) is 1. The van der Waals surface area contributed by atoms with Crippen LogP contribution >= 0.6 is 34.5 Å². The highest BCUT2D eigenvalue weighted by Gasteiger charge is 2.26. The number of piperidine rings is 1. The second-order valence-electron chi connectivity index (χ2n) is 8.88. The first-order valence-electron chi connectivity index (χ1n) is 11.7. The van der Waals surface area contributed by atoms with Gasteiger partial charge in [0.05, 0.1) is 16.3 Å². The zero-order chi connectivity index (χ0) is 26.1. The predicted molar refractivity (Wildman–Crippen MR) is 148 cm³/mol. The van der Waals surface area contributed by atoms with Crippen LogP contribution in [0, 0.1) is 0 Å². The number of amides is 2. The Kier molecular flexibility index (Phi) is 7.20. The Hall–Kier alpha value is -3.39. The van der Waals surface area contributed by atoms with Crippen molar-refractivity contribution in [2.75, 3.05) is 18.4 Å². The van der Waals surface area contributed by atoms with E-state index >= 15 is 0 Å². The van der Waals surface area contributed by atoms with Gasteiger partial charge in [0.2, 0.25) is 0 Å². The fraction of sp³-hybridized carbons (Fsp3) is 0.179. The number of thiophene rings is 1. The first-order valence-corrected chi connectivity index (χ1v) is 13.3. The number of carboxylic acid groups (broad SMARTS) is 1. The van der Waals surface area contributed by atoms with Gasteiger partial charge in [0, 0.05) is 33.8 Å². The highest BCUT2D eigenvalue weighted by atomic mass is 35.5. The normalized spacial score (nSPS) is 14.1. The van der Waals surface area contributed by atoms with Gasteiger partial charge in [0.15, 0.2) is 0 Å². The van der Waals surface area contributed by atoms with E-state index in [0.29, 0.717) is 33.9 Å². The zero-order valence-electron chi connectivity index (χ0n) is 19.5. The van der Waals surface area contributed by atoms with E-state index in [9.17, 15) is 19.5 Å². The number of anilines is 1. The van der Waals surface area contributed by atoms with Crippen LogP contribution < -0.4 is 5.32 Å². The molecule has 3 aromatic carbocycles. The van der Waals surface area contributed by atoms with Crippen molar-refractivity contribution in [1.29, 1.82) is 0 Å². The molecule has 0 aliphatic carbocycles. The van der Waals surface area contributed by atoms with Gasteiger partial charge in [-0.05, 0) is 60.7 Å². The van der Waals surface area contributed by atoms with E-state index in [2.05, 4.69) is 5.32 Å². The standard InChI is InChI=1S/C28H22Cl2N2O4S/c29-19-8-5-16(6-9-19)17-11-13-32(14-12-17)27(34)18-7-10-22(21(15-18)28(35)36)31-26(33)25-24(30)20-3-1-2-4-23(20)37-25/h1-10,15,17H,11-14H2,(H,31,33)(H,35,36). The molecule has 0 radical (unpaired) electrons. The quantitative estimate of drug-likeness (QED) is 0.274. The number of carbonyl (C=O) groups excluding carboxylic acids is 2. The van der Waals surface area contributed by atoms with E-state index in [0.717, 1.165) is 22.9 Å². The topological polar surface area (TPSA) is 86.7 Å². The molecule has 1 aliphatic rings. The molecule has 2 heterocycles. The fourth-order valence-corrected chi connectivity index (χ4v) is 6.17. The lowest BCUT2D eigenvalue weighted by molar-refractivity contribution is 0.0698. The van der Waals surface area contributed by atoms with Gasteiger partial charge >= 0.3 is 5.97 Å². The summed E-state index contributed by atoms with van der Waals surface area (Å²) in [7, 11) is 0. The van der Waals surface area contributed by atoms with Gasteiger partial charge in [-0.15, -0.1) is 11.3 Å². The maximum Gasteiger partial charge on any atom is 0.337 e. The summed E-state index contributed by atoms with van der Waals surface area (Å²) in [6, 6.07) is 19.5. The Morgan fingerprint density at radius 3 is 2.32 bits per heavy atom. The van der Waals surface area contributed by atoms with Crippen LogP contribution in [0.15, 0.2) is 66.7 Å². The number of hydrogen-bond acceptors (Lipinski definition) is 4. The molecule has 37 heavy (non-hydrogen) atoms. The Balaban J connectivity index is 1.31. The summed E-state index contributed by atoms with van der Waals surface area (Å²) in [6.07, 6.45) is 1.62. The Morgan fingerprint density at radius 1 is 0.946 bits per heavy atom. The van der Waals surface area contributed by atoms with Gasteiger partial charge in [-0.3, -0.25) is 9.59 Å². The molecule has 6 nitrogen and oxygen atoms in total. The molecular formula is C28H22Cl2N2O4S. The Morgan fingerprint density at radius 2 is 1.65 bits per heavy atom. The average molecular weight is 553 g/mol. The van der Waals surface area contributed by atoms with Crippen molar-refractivity contribution in [2.45, 2.75) is 18.8 Å². The van der Waals surface area contributed by atoms with Gasteiger partial charge in [-0.25, -0.2) is 4.79 Å². The predicted octanol–water partition coefficient (Wildman–Crippen LogP) is 7.18. The summed E-state index contributed by atoms with van der Waals surface area (Å²) in [5, 5.41) is 14.2. The van der Waals surface area contributed by atoms with Gasteiger partial charge < -0.3 is 15.3 Å². The van der Waals surface area contributed by atoms with Crippen molar-refractivity contribution >= 4 is 68.1 Å². The molecule has 0 spiro atoms. The number of halogens is 2. The second kappa shape index (κ2) is 10.5. The van der Waals surface area contributed by atoms with Crippen LogP contribution in [0.4, 0.5) is 5.69 Å². The monoisotopic (exact) mass is 552 g/mol. The minimum absolute atomic E-state index is 0.101. The number of rotatable bonds is 5.